The van der Waals surface area contributed by atoms with E-state index in [2.05, 4.69) is 15.0 Å². The fourth-order valence-corrected chi connectivity index (χ4v) is 3.29. The molecule has 24 heavy (non-hydrogen) atoms. The summed E-state index contributed by atoms with van der Waals surface area (Å²) in [4.78, 5) is 7.05. The Bertz CT molecular complexity index is 631. The number of rotatable bonds is 7. The molecule has 1 saturated carbocycles. The molecular formula is C19H25N3O2. The summed E-state index contributed by atoms with van der Waals surface area (Å²) in [7, 11) is 0. The van der Waals surface area contributed by atoms with Gasteiger partial charge in [-0.2, -0.15) is 4.98 Å². The topological polar surface area (TPSA) is 51.4 Å². The first kappa shape index (κ1) is 15.8. The van der Waals surface area contributed by atoms with E-state index in [1.807, 2.05) is 30.3 Å². The van der Waals surface area contributed by atoms with E-state index >= 15 is 0 Å². The zero-order valence-corrected chi connectivity index (χ0v) is 14.1. The van der Waals surface area contributed by atoms with E-state index in [0.717, 1.165) is 30.1 Å². The minimum absolute atomic E-state index is 0.390. The zero-order chi connectivity index (χ0) is 16.2. The van der Waals surface area contributed by atoms with Gasteiger partial charge in [-0.25, -0.2) is 0 Å². The lowest BCUT2D eigenvalue weighted by Gasteiger charge is -2.31. The van der Waals surface area contributed by atoms with Crippen molar-refractivity contribution in [3.63, 3.8) is 0 Å². The third-order valence-corrected chi connectivity index (χ3v) is 4.92. The first-order valence-electron chi connectivity index (χ1n) is 9.09. The molecule has 0 radical (unpaired) electrons. The van der Waals surface area contributed by atoms with Gasteiger partial charge >= 0.3 is 0 Å². The average molecular weight is 327 g/mol. The molecule has 2 aromatic rings. The van der Waals surface area contributed by atoms with Crippen LogP contribution in [0.25, 0.3) is 11.5 Å². The van der Waals surface area contributed by atoms with Crippen LogP contribution in [0.1, 0.15) is 31.5 Å². The van der Waals surface area contributed by atoms with Crippen molar-refractivity contribution in [1.29, 1.82) is 0 Å². The molecule has 4 rings (SSSR count). The number of hydrogen-bond donors (Lipinski definition) is 0. The van der Waals surface area contributed by atoms with Crippen molar-refractivity contribution in [2.75, 3.05) is 26.2 Å². The second-order valence-electron chi connectivity index (χ2n) is 6.95. The molecule has 0 atom stereocenters. The van der Waals surface area contributed by atoms with Gasteiger partial charge < -0.3 is 14.2 Å². The maximum absolute atomic E-state index is 6.02. The lowest BCUT2D eigenvalue weighted by Crippen LogP contribution is -2.38. The Labute approximate surface area is 143 Å². The third-order valence-electron chi connectivity index (χ3n) is 4.92. The number of hydrogen-bond acceptors (Lipinski definition) is 5. The van der Waals surface area contributed by atoms with Crippen LogP contribution < -0.4 is 0 Å². The van der Waals surface area contributed by atoms with Crippen molar-refractivity contribution in [2.24, 2.45) is 5.92 Å². The smallest absolute Gasteiger partial charge is 0.257 e. The highest BCUT2D eigenvalue weighted by molar-refractivity contribution is 5.51. The monoisotopic (exact) mass is 327 g/mol. The third kappa shape index (κ3) is 4.22. The van der Waals surface area contributed by atoms with Gasteiger partial charge in [0, 0.05) is 31.6 Å². The maximum Gasteiger partial charge on any atom is 0.257 e. The molecule has 1 saturated heterocycles. The summed E-state index contributed by atoms with van der Waals surface area (Å²) < 4.78 is 11.3. The van der Waals surface area contributed by atoms with E-state index in [4.69, 9.17) is 9.26 Å². The van der Waals surface area contributed by atoms with E-state index in [0.29, 0.717) is 25.0 Å². The van der Waals surface area contributed by atoms with Gasteiger partial charge in [-0.3, -0.25) is 0 Å². The quantitative estimate of drug-likeness (QED) is 0.782. The van der Waals surface area contributed by atoms with Gasteiger partial charge in [-0.15, -0.1) is 0 Å². The van der Waals surface area contributed by atoms with Crippen LogP contribution >= 0.6 is 0 Å². The molecule has 5 nitrogen and oxygen atoms in total. The molecule has 128 valence electrons. The van der Waals surface area contributed by atoms with Crippen molar-refractivity contribution in [2.45, 2.75) is 38.2 Å². The summed E-state index contributed by atoms with van der Waals surface area (Å²) in [5.74, 6) is 2.29. The van der Waals surface area contributed by atoms with E-state index < -0.39 is 0 Å². The van der Waals surface area contributed by atoms with Gasteiger partial charge in [0.25, 0.3) is 5.89 Å². The molecular weight excluding hydrogens is 302 g/mol. The highest BCUT2D eigenvalue weighted by Crippen LogP contribution is 2.30. The average Bonchev–Trinajstić information content (AvgIpc) is 3.32. The molecule has 5 heteroatoms. The standard InChI is InChI=1S/C19H25N3O2/c1-2-4-16(5-3-1)19-20-18(21-24-19)10-13-23-17-8-11-22(12-9-17)14-15-6-7-15/h1-5,15,17H,6-14H2. The predicted molar refractivity (Wildman–Crippen MR) is 91.6 cm³/mol. The summed E-state index contributed by atoms with van der Waals surface area (Å²) >= 11 is 0. The molecule has 2 fully saturated rings. The second kappa shape index (κ2) is 7.45. The van der Waals surface area contributed by atoms with Crippen LogP contribution in [-0.2, 0) is 11.2 Å². The highest BCUT2D eigenvalue weighted by Gasteiger charge is 2.27. The lowest BCUT2D eigenvalue weighted by atomic mass is 10.1. The number of piperidine rings is 1. The fraction of sp³-hybridized carbons (Fsp3) is 0.579. The number of ether oxygens (including phenoxy) is 1. The normalized spacial score (nSPS) is 19.7. The molecule has 0 bridgehead atoms. The lowest BCUT2D eigenvalue weighted by molar-refractivity contribution is 0.00757. The molecule has 1 aromatic heterocycles. The van der Waals surface area contributed by atoms with E-state index in [1.165, 1.54) is 32.5 Å². The Morgan fingerprint density at radius 2 is 1.88 bits per heavy atom. The van der Waals surface area contributed by atoms with Crippen LogP contribution in [0, 0.1) is 5.92 Å². The molecule has 1 aliphatic carbocycles. The molecule has 0 spiro atoms. The Morgan fingerprint density at radius 3 is 2.62 bits per heavy atom. The Hall–Kier alpha value is -1.72. The number of nitrogens with zero attached hydrogens (tertiary/aromatic N) is 3. The van der Waals surface area contributed by atoms with E-state index in [9.17, 15) is 0 Å². The van der Waals surface area contributed by atoms with Crippen LogP contribution in [0.5, 0.6) is 0 Å². The molecule has 2 heterocycles. The van der Waals surface area contributed by atoms with E-state index in [1.54, 1.807) is 0 Å². The largest absolute Gasteiger partial charge is 0.378 e. The number of aromatic nitrogens is 2. The van der Waals surface area contributed by atoms with Crippen LogP contribution in [0.2, 0.25) is 0 Å². The SMILES string of the molecule is c1ccc(-c2nc(CCOC3CCN(CC4CC4)CC3)no2)cc1. The molecule has 1 aromatic carbocycles. The molecule has 1 aliphatic heterocycles. The summed E-state index contributed by atoms with van der Waals surface area (Å²) in [6.07, 6.45) is 6.26. The second-order valence-corrected chi connectivity index (χ2v) is 6.95. The van der Waals surface area contributed by atoms with Crippen LogP contribution in [0.4, 0.5) is 0 Å². The first-order valence-corrected chi connectivity index (χ1v) is 9.09. The van der Waals surface area contributed by atoms with Crippen molar-refractivity contribution in [1.82, 2.24) is 15.0 Å². The number of likely N-dealkylation sites (tertiary alicyclic amines) is 1. The first-order chi connectivity index (χ1) is 11.9. The Kier molecular flexibility index (Phi) is 4.90. The van der Waals surface area contributed by atoms with Crippen LogP contribution in [-0.4, -0.2) is 47.4 Å². The summed E-state index contributed by atoms with van der Waals surface area (Å²) in [5.41, 5.74) is 0.959. The van der Waals surface area contributed by atoms with Gasteiger partial charge in [-0.1, -0.05) is 23.4 Å². The van der Waals surface area contributed by atoms with Gasteiger partial charge in [0.15, 0.2) is 5.82 Å². The summed E-state index contributed by atoms with van der Waals surface area (Å²) in [6.45, 7) is 4.34. The summed E-state index contributed by atoms with van der Waals surface area (Å²) in [6, 6.07) is 9.87. The zero-order valence-electron chi connectivity index (χ0n) is 14.1. The Morgan fingerprint density at radius 1 is 1.08 bits per heavy atom. The molecule has 0 amide bonds. The van der Waals surface area contributed by atoms with Crippen molar-refractivity contribution in [3.8, 4) is 11.5 Å². The van der Waals surface area contributed by atoms with Gasteiger partial charge in [0.1, 0.15) is 0 Å². The van der Waals surface area contributed by atoms with Gasteiger partial charge in [0.05, 0.1) is 12.7 Å². The molecule has 0 unspecified atom stereocenters. The minimum Gasteiger partial charge on any atom is -0.378 e. The Balaban J connectivity index is 1.19. The summed E-state index contributed by atoms with van der Waals surface area (Å²) in [5, 5.41) is 4.05. The van der Waals surface area contributed by atoms with Crippen LogP contribution in [0.3, 0.4) is 0 Å². The van der Waals surface area contributed by atoms with Gasteiger partial charge in [-0.05, 0) is 43.7 Å². The van der Waals surface area contributed by atoms with Crippen molar-refractivity contribution >= 4 is 0 Å². The van der Waals surface area contributed by atoms with Gasteiger partial charge in [0.2, 0.25) is 0 Å². The fourth-order valence-electron chi connectivity index (χ4n) is 3.29. The minimum atomic E-state index is 0.390. The predicted octanol–water partition coefficient (Wildman–Crippen LogP) is 3.17. The molecule has 2 aliphatic rings. The van der Waals surface area contributed by atoms with Crippen molar-refractivity contribution < 1.29 is 9.26 Å². The van der Waals surface area contributed by atoms with E-state index in [-0.39, 0.29) is 0 Å². The molecule has 0 N–H and O–H groups in total. The van der Waals surface area contributed by atoms with Crippen LogP contribution in [0.15, 0.2) is 34.9 Å². The maximum atomic E-state index is 6.02. The van der Waals surface area contributed by atoms with Crippen molar-refractivity contribution in [3.05, 3.63) is 36.2 Å². The number of benzene rings is 1. The highest BCUT2D eigenvalue weighted by atomic mass is 16.5.